The van der Waals surface area contributed by atoms with Gasteiger partial charge in [-0.15, -0.1) is 0 Å². The number of benzene rings is 4. The molecule has 0 saturated heterocycles. The monoisotopic (exact) mass is 515 g/mol. The molecule has 4 heterocycles. The molecule has 0 amide bonds. The molecular formula is C35H25N5. The third-order valence-electron chi connectivity index (χ3n) is 7.76. The maximum atomic E-state index is 4.99. The average molecular weight is 516 g/mol. The maximum Gasteiger partial charge on any atom is 0.140 e. The van der Waals surface area contributed by atoms with Gasteiger partial charge in [-0.3, -0.25) is 4.98 Å². The number of aromatic nitrogens is 5. The van der Waals surface area contributed by atoms with Gasteiger partial charge in [-0.1, -0.05) is 48.5 Å². The molecule has 4 aromatic carbocycles. The number of hydrogen-bond acceptors (Lipinski definition) is 2. The van der Waals surface area contributed by atoms with Gasteiger partial charge in [-0.2, -0.15) is 0 Å². The van der Waals surface area contributed by atoms with E-state index in [4.69, 9.17) is 4.98 Å². The summed E-state index contributed by atoms with van der Waals surface area (Å²) in [6.07, 6.45) is 6.01. The molecule has 0 aliphatic rings. The first-order chi connectivity index (χ1) is 19.7. The van der Waals surface area contributed by atoms with Crippen molar-refractivity contribution in [2.75, 3.05) is 0 Å². The number of nitrogens with zero attached hydrogens (tertiary/aromatic N) is 5. The molecule has 0 bridgehead atoms. The molecule has 0 saturated carbocycles. The van der Waals surface area contributed by atoms with Crippen LogP contribution in [-0.2, 0) is 7.05 Å². The lowest BCUT2D eigenvalue weighted by Gasteiger charge is -2.12. The normalized spacial score (nSPS) is 11.6. The summed E-state index contributed by atoms with van der Waals surface area (Å²) in [5, 5.41) is 2.42. The molecule has 8 rings (SSSR count). The summed E-state index contributed by atoms with van der Waals surface area (Å²) in [5.41, 5.74) is 9.76. The third-order valence-corrected chi connectivity index (χ3v) is 7.76. The zero-order valence-corrected chi connectivity index (χ0v) is 21.9. The first-order valence-electron chi connectivity index (χ1n) is 13.4. The molecule has 0 unspecified atom stereocenters. The maximum absolute atomic E-state index is 4.99. The molecule has 0 fully saturated rings. The Hall–Kier alpha value is -5.42. The first-order valence-corrected chi connectivity index (χ1v) is 13.4. The molecule has 0 radical (unpaired) electrons. The Kier molecular flexibility index (Phi) is 4.97. The van der Waals surface area contributed by atoms with Crippen molar-refractivity contribution >= 4 is 32.8 Å². The van der Waals surface area contributed by atoms with E-state index in [1.54, 1.807) is 0 Å². The summed E-state index contributed by atoms with van der Waals surface area (Å²) in [5.74, 6) is 0.954. The highest BCUT2D eigenvalue weighted by Crippen LogP contribution is 2.37. The van der Waals surface area contributed by atoms with Crippen LogP contribution in [0.2, 0.25) is 0 Å². The lowest BCUT2D eigenvalue weighted by Crippen LogP contribution is -1.97. The second-order valence-corrected chi connectivity index (χ2v) is 10.1. The van der Waals surface area contributed by atoms with Crippen LogP contribution < -0.4 is 0 Å². The summed E-state index contributed by atoms with van der Waals surface area (Å²) < 4.78 is 6.70. The Bertz CT molecular complexity index is 2170. The van der Waals surface area contributed by atoms with Crippen molar-refractivity contribution in [3.05, 3.63) is 134 Å². The van der Waals surface area contributed by atoms with Crippen molar-refractivity contribution in [1.82, 2.24) is 23.7 Å². The molecule has 0 aliphatic carbocycles. The van der Waals surface area contributed by atoms with Crippen molar-refractivity contribution < 1.29 is 0 Å². The second-order valence-electron chi connectivity index (χ2n) is 10.1. The van der Waals surface area contributed by atoms with Gasteiger partial charge < -0.3 is 13.7 Å². The van der Waals surface area contributed by atoms with Crippen molar-refractivity contribution in [2.45, 2.75) is 0 Å². The minimum atomic E-state index is 0.954. The lowest BCUT2D eigenvalue weighted by molar-refractivity contribution is 0.959. The minimum Gasteiger partial charge on any atom is -0.327 e. The van der Waals surface area contributed by atoms with Gasteiger partial charge in [0, 0.05) is 58.9 Å². The fourth-order valence-corrected chi connectivity index (χ4v) is 5.83. The van der Waals surface area contributed by atoms with Crippen LogP contribution in [0.5, 0.6) is 0 Å². The third kappa shape index (κ3) is 3.48. The summed E-state index contributed by atoms with van der Waals surface area (Å²) in [7, 11) is 2.09. The fourth-order valence-electron chi connectivity index (χ4n) is 5.83. The van der Waals surface area contributed by atoms with E-state index >= 15 is 0 Å². The molecule has 5 nitrogen and oxygen atoms in total. The van der Waals surface area contributed by atoms with E-state index in [0.29, 0.717) is 0 Å². The zero-order chi connectivity index (χ0) is 26.6. The molecule has 0 atom stereocenters. The smallest absolute Gasteiger partial charge is 0.140 e. The lowest BCUT2D eigenvalue weighted by atomic mass is 10.1. The largest absolute Gasteiger partial charge is 0.327 e. The van der Waals surface area contributed by atoms with Gasteiger partial charge in [0.05, 0.1) is 27.8 Å². The average Bonchev–Trinajstić information content (AvgIpc) is 3.74. The van der Waals surface area contributed by atoms with Gasteiger partial charge in [-0.05, 0) is 66.7 Å². The fraction of sp³-hybridized carbons (Fsp3) is 0.0286. The molecule has 190 valence electrons. The van der Waals surface area contributed by atoms with Crippen LogP contribution in [0, 0.1) is 0 Å². The number of pyridine rings is 1. The first kappa shape index (κ1) is 22.6. The number of imidazole rings is 1. The van der Waals surface area contributed by atoms with Crippen LogP contribution in [0.3, 0.4) is 0 Å². The highest BCUT2D eigenvalue weighted by atomic mass is 15.1. The van der Waals surface area contributed by atoms with E-state index in [-0.39, 0.29) is 0 Å². The van der Waals surface area contributed by atoms with Crippen LogP contribution >= 0.6 is 0 Å². The van der Waals surface area contributed by atoms with Gasteiger partial charge in [0.1, 0.15) is 5.82 Å². The van der Waals surface area contributed by atoms with E-state index in [1.165, 1.54) is 10.8 Å². The van der Waals surface area contributed by atoms with Crippen molar-refractivity contribution in [3.63, 3.8) is 0 Å². The summed E-state index contributed by atoms with van der Waals surface area (Å²) >= 11 is 0. The van der Waals surface area contributed by atoms with Crippen LogP contribution in [0.4, 0.5) is 0 Å². The number of para-hydroxylation sites is 2. The zero-order valence-electron chi connectivity index (χ0n) is 21.9. The Morgan fingerprint density at radius 1 is 0.575 bits per heavy atom. The molecular weight excluding hydrogens is 490 g/mol. The molecule has 40 heavy (non-hydrogen) atoms. The Balaban J connectivity index is 1.41. The summed E-state index contributed by atoms with van der Waals surface area (Å²) in [6.45, 7) is 0. The van der Waals surface area contributed by atoms with Crippen LogP contribution in [0.1, 0.15) is 0 Å². The molecule has 0 aliphatic heterocycles. The molecule has 0 spiro atoms. The van der Waals surface area contributed by atoms with Gasteiger partial charge in [0.25, 0.3) is 0 Å². The summed E-state index contributed by atoms with van der Waals surface area (Å²) in [6, 6.07) is 40.5. The highest BCUT2D eigenvalue weighted by Gasteiger charge is 2.17. The summed E-state index contributed by atoms with van der Waals surface area (Å²) in [4.78, 5) is 9.59. The van der Waals surface area contributed by atoms with Crippen molar-refractivity contribution in [3.8, 4) is 34.0 Å². The minimum absolute atomic E-state index is 0.954. The Labute approximate surface area is 231 Å². The standard InChI is InChI=1S/C35H25N5/c1-38-32-13-3-2-12-31(32)37-35(38)25-14-16-28-29-17-15-26(39-19-6-7-20-39)23-34(29)40(33(28)22-25)27-10-8-9-24(21-27)30-11-4-5-18-36-30/h2-23H,1H3. The Morgan fingerprint density at radius 3 is 2.20 bits per heavy atom. The quantitative estimate of drug-likeness (QED) is 0.237. The van der Waals surface area contributed by atoms with Gasteiger partial charge in [0.15, 0.2) is 0 Å². The van der Waals surface area contributed by atoms with E-state index in [0.717, 1.165) is 56.1 Å². The van der Waals surface area contributed by atoms with Crippen molar-refractivity contribution in [2.24, 2.45) is 7.05 Å². The molecule has 0 N–H and O–H groups in total. The molecule has 5 heteroatoms. The van der Waals surface area contributed by atoms with Crippen LogP contribution in [0.25, 0.3) is 66.9 Å². The van der Waals surface area contributed by atoms with Crippen LogP contribution in [-0.4, -0.2) is 23.7 Å². The number of hydrogen-bond donors (Lipinski definition) is 0. The number of rotatable bonds is 4. The van der Waals surface area contributed by atoms with Gasteiger partial charge in [0.2, 0.25) is 0 Å². The van der Waals surface area contributed by atoms with E-state index < -0.39 is 0 Å². The highest BCUT2D eigenvalue weighted by molar-refractivity contribution is 6.10. The van der Waals surface area contributed by atoms with Gasteiger partial charge >= 0.3 is 0 Å². The van der Waals surface area contributed by atoms with Crippen molar-refractivity contribution in [1.29, 1.82) is 0 Å². The van der Waals surface area contributed by atoms with E-state index in [2.05, 4.69) is 135 Å². The van der Waals surface area contributed by atoms with Gasteiger partial charge in [-0.25, -0.2) is 4.98 Å². The van der Waals surface area contributed by atoms with Crippen LogP contribution in [0.15, 0.2) is 134 Å². The number of fused-ring (bicyclic) bond motifs is 4. The SMILES string of the molecule is Cn1c(-c2ccc3c4ccc(-n5cccc5)cc4n(-c4cccc(-c5ccccn5)c4)c3c2)nc2ccccc21. The topological polar surface area (TPSA) is 40.6 Å². The van der Waals surface area contributed by atoms with E-state index in [9.17, 15) is 0 Å². The Morgan fingerprint density at radius 2 is 1.38 bits per heavy atom. The number of aryl methyl sites for hydroxylation is 1. The molecule has 4 aromatic heterocycles. The molecule has 8 aromatic rings. The predicted octanol–water partition coefficient (Wildman–Crippen LogP) is 8.19. The second kappa shape index (κ2) is 8.82. The predicted molar refractivity (Wildman–Crippen MR) is 163 cm³/mol. The van der Waals surface area contributed by atoms with E-state index in [1.807, 2.05) is 24.4 Å².